The van der Waals surface area contributed by atoms with Crippen LogP contribution in [0.5, 0.6) is 0 Å². The van der Waals surface area contributed by atoms with Gasteiger partial charge in [-0.25, -0.2) is 0 Å². The second-order valence-electron chi connectivity index (χ2n) is 3.89. The van der Waals surface area contributed by atoms with E-state index in [1.54, 1.807) is 0 Å². The molecule has 0 spiro atoms. The van der Waals surface area contributed by atoms with E-state index in [1.807, 2.05) is 40.6 Å². The lowest BCUT2D eigenvalue weighted by Gasteiger charge is -2.03. The van der Waals surface area contributed by atoms with Crippen LogP contribution in [-0.4, -0.2) is 39.7 Å². The number of hydrogen-bond donors (Lipinski definition) is 1. The average Bonchev–Trinajstić information content (AvgIpc) is 2.77. The highest BCUT2D eigenvalue weighted by atomic mass is 32.2. The Balaban J connectivity index is 1.79. The topological polar surface area (TPSA) is 42.2 Å². The van der Waals surface area contributed by atoms with Gasteiger partial charge in [0.15, 0.2) is 5.65 Å². The number of nitrogens with zero attached hydrogens (tertiary/aromatic N) is 3. The summed E-state index contributed by atoms with van der Waals surface area (Å²) in [5.74, 6) is 2.25. The van der Waals surface area contributed by atoms with E-state index >= 15 is 0 Å². The maximum atomic E-state index is 4.20. The summed E-state index contributed by atoms with van der Waals surface area (Å²) in [6, 6.07) is 5.96. The molecule has 0 unspecified atom stereocenters. The summed E-state index contributed by atoms with van der Waals surface area (Å²) in [4.78, 5) is 0. The van der Waals surface area contributed by atoms with Gasteiger partial charge in [-0.3, -0.25) is 4.40 Å². The van der Waals surface area contributed by atoms with Crippen LogP contribution >= 0.6 is 11.8 Å². The average molecular weight is 250 g/mol. The second-order valence-corrected chi connectivity index (χ2v) is 4.88. The maximum absolute atomic E-state index is 4.20. The lowest BCUT2D eigenvalue weighted by atomic mass is 10.3. The normalized spacial score (nSPS) is 11.1. The van der Waals surface area contributed by atoms with Gasteiger partial charge in [0, 0.05) is 19.2 Å². The Bertz CT molecular complexity index is 454. The van der Waals surface area contributed by atoms with E-state index in [1.165, 1.54) is 12.2 Å². The summed E-state index contributed by atoms with van der Waals surface area (Å²) in [7, 11) is 0. The van der Waals surface area contributed by atoms with Crippen molar-refractivity contribution in [3.05, 3.63) is 30.2 Å². The predicted molar refractivity (Wildman–Crippen MR) is 72.6 cm³/mol. The van der Waals surface area contributed by atoms with Crippen molar-refractivity contribution in [2.45, 2.75) is 12.8 Å². The molecule has 0 amide bonds. The number of fused-ring (bicyclic) bond motifs is 1. The third-order valence-electron chi connectivity index (χ3n) is 2.61. The van der Waals surface area contributed by atoms with Gasteiger partial charge < -0.3 is 5.32 Å². The summed E-state index contributed by atoms with van der Waals surface area (Å²) in [6.07, 6.45) is 6.30. The highest BCUT2D eigenvalue weighted by Gasteiger charge is 2.02. The summed E-state index contributed by atoms with van der Waals surface area (Å²) < 4.78 is 2.05. The maximum Gasteiger partial charge on any atom is 0.160 e. The molecule has 0 radical (unpaired) electrons. The molecule has 0 bridgehead atoms. The SMILES string of the molecule is CSCCCNCCc1nnc2ccccn12. The number of thioether (sulfide) groups is 1. The minimum atomic E-state index is 0.921. The summed E-state index contributed by atoms with van der Waals surface area (Å²) in [6.45, 7) is 2.04. The van der Waals surface area contributed by atoms with Gasteiger partial charge in [0.2, 0.25) is 0 Å². The molecule has 92 valence electrons. The molecule has 17 heavy (non-hydrogen) atoms. The van der Waals surface area contributed by atoms with E-state index in [9.17, 15) is 0 Å². The fourth-order valence-corrected chi connectivity index (χ4v) is 2.16. The van der Waals surface area contributed by atoms with Gasteiger partial charge in [0.1, 0.15) is 5.82 Å². The molecule has 2 aromatic rings. The fourth-order valence-electron chi connectivity index (χ4n) is 1.73. The summed E-state index contributed by atoms with van der Waals surface area (Å²) in [5, 5.41) is 11.8. The number of pyridine rings is 1. The molecule has 5 heteroatoms. The van der Waals surface area contributed by atoms with Gasteiger partial charge in [0.25, 0.3) is 0 Å². The first-order valence-corrected chi connectivity index (χ1v) is 7.29. The van der Waals surface area contributed by atoms with E-state index in [0.717, 1.165) is 31.0 Å². The van der Waals surface area contributed by atoms with Crippen LogP contribution < -0.4 is 5.32 Å². The Hall–Kier alpha value is -1.07. The molecule has 0 aromatic carbocycles. The molecule has 0 aliphatic rings. The molecule has 2 aromatic heterocycles. The lowest BCUT2D eigenvalue weighted by molar-refractivity contribution is 0.658. The Morgan fingerprint density at radius 1 is 1.29 bits per heavy atom. The van der Waals surface area contributed by atoms with Crippen LogP contribution in [0.3, 0.4) is 0 Å². The smallest absolute Gasteiger partial charge is 0.160 e. The Morgan fingerprint density at radius 2 is 2.24 bits per heavy atom. The molecular formula is C12H18N4S. The fraction of sp³-hybridized carbons (Fsp3) is 0.500. The van der Waals surface area contributed by atoms with Gasteiger partial charge in [-0.05, 0) is 37.1 Å². The van der Waals surface area contributed by atoms with Crippen LogP contribution in [-0.2, 0) is 6.42 Å². The zero-order chi connectivity index (χ0) is 11.9. The van der Waals surface area contributed by atoms with Crippen molar-refractivity contribution in [2.75, 3.05) is 25.1 Å². The van der Waals surface area contributed by atoms with Crippen LogP contribution in [0, 0.1) is 0 Å². The number of nitrogens with one attached hydrogen (secondary N) is 1. The Morgan fingerprint density at radius 3 is 3.12 bits per heavy atom. The highest BCUT2D eigenvalue weighted by molar-refractivity contribution is 7.98. The van der Waals surface area contributed by atoms with E-state index in [-0.39, 0.29) is 0 Å². The van der Waals surface area contributed by atoms with Gasteiger partial charge in [-0.1, -0.05) is 6.07 Å². The van der Waals surface area contributed by atoms with Crippen molar-refractivity contribution in [2.24, 2.45) is 0 Å². The van der Waals surface area contributed by atoms with Crippen molar-refractivity contribution in [3.8, 4) is 0 Å². The number of aromatic nitrogens is 3. The van der Waals surface area contributed by atoms with Crippen LogP contribution in [0.4, 0.5) is 0 Å². The quantitative estimate of drug-likeness (QED) is 0.758. The number of hydrogen-bond acceptors (Lipinski definition) is 4. The first kappa shape index (κ1) is 12.4. The zero-order valence-electron chi connectivity index (χ0n) is 10.1. The zero-order valence-corrected chi connectivity index (χ0v) is 10.9. The van der Waals surface area contributed by atoms with E-state index < -0.39 is 0 Å². The highest BCUT2D eigenvalue weighted by Crippen LogP contribution is 2.02. The molecule has 0 fully saturated rings. The van der Waals surface area contributed by atoms with Crippen molar-refractivity contribution < 1.29 is 0 Å². The van der Waals surface area contributed by atoms with Crippen LogP contribution in [0.15, 0.2) is 24.4 Å². The van der Waals surface area contributed by atoms with Gasteiger partial charge in [0.05, 0.1) is 0 Å². The minimum absolute atomic E-state index is 0.921. The summed E-state index contributed by atoms with van der Waals surface area (Å²) >= 11 is 1.89. The molecule has 0 aliphatic carbocycles. The van der Waals surface area contributed by atoms with Crippen LogP contribution in [0.1, 0.15) is 12.2 Å². The lowest BCUT2D eigenvalue weighted by Crippen LogP contribution is -2.19. The minimum Gasteiger partial charge on any atom is -0.316 e. The molecule has 0 saturated heterocycles. The molecule has 2 heterocycles. The third-order valence-corrected chi connectivity index (χ3v) is 3.31. The molecule has 0 atom stereocenters. The largest absolute Gasteiger partial charge is 0.316 e. The van der Waals surface area contributed by atoms with Gasteiger partial charge in [-0.15, -0.1) is 10.2 Å². The second kappa shape index (κ2) is 6.61. The third kappa shape index (κ3) is 3.44. The first-order chi connectivity index (χ1) is 8.42. The van der Waals surface area contributed by atoms with E-state index in [0.29, 0.717) is 0 Å². The standard InChI is InChI=1S/C12H18N4S/c1-17-10-4-7-13-8-6-12-15-14-11-5-2-3-9-16(11)12/h2-3,5,9,13H,4,6-8,10H2,1H3. The predicted octanol–water partition coefficient (Wildman–Crippen LogP) is 1.61. The van der Waals surface area contributed by atoms with E-state index in [2.05, 4.69) is 21.8 Å². The molecule has 2 rings (SSSR count). The van der Waals surface area contributed by atoms with Crippen molar-refractivity contribution in [1.82, 2.24) is 19.9 Å². The molecule has 1 N–H and O–H groups in total. The summed E-state index contributed by atoms with van der Waals surface area (Å²) in [5.41, 5.74) is 0.921. The van der Waals surface area contributed by atoms with E-state index in [4.69, 9.17) is 0 Å². The molecular weight excluding hydrogens is 232 g/mol. The molecule has 0 saturated carbocycles. The van der Waals surface area contributed by atoms with Gasteiger partial charge in [-0.2, -0.15) is 11.8 Å². The Kier molecular flexibility index (Phi) is 4.82. The van der Waals surface area contributed by atoms with Crippen LogP contribution in [0.2, 0.25) is 0 Å². The first-order valence-electron chi connectivity index (χ1n) is 5.90. The van der Waals surface area contributed by atoms with Crippen LogP contribution in [0.25, 0.3) is 5.65 Å². The molecule has 0 aliphatic heterocycles. The molecule has 4 nitrogen and oxygen atoms in total. The van der Waals surface area contributed by atoms with Crippen molar-refractivity contribution >= 4 is 17.4 Å². The van der Waals surface area contributed by atoms with Gasteiger partial charge >= 0.3 is 0 Å². The van der Waals surface area contributed by atoms with Crippen molar-refractivity contribution in [1.29, 1.82) is 0 Å². The monoisotopic (exact) mass is 250 g/mol. The van der Waals surface area contributed by atoms with Crippen molar-refractivity contribution in [3.63, 3.8) is 0 Å². The number of rotatable bonds is 7. The Labute approximate surface area is 106 Å².